The van der Waals surface area contributed by atoms with Gasteiger partial charge in [-0.3, -0.25) is 9.59 Å². The molecule has 1 aliphatic carbocycles. The molecule has 0 bridgehead atoms. The van der Waals surface area contributed by atoms with Crippen LogP contribution in [-0.2, 0) is 9.59 Å². The fraction of sp³-hybridized carbons (Fsp3) is 0.636. The van der Waals surface area contributed by atoms with Crippen LogP contribution in [0.25, 0.3) is 0 Å². The van der Waals surface area contributed by atoms with Gasteiger partial charge in [0.25, 0.3) is 0 Å². The molecule has 0 amide bonds. The number of carbonyl (C=O) groups is 2. The van der Waals surface area contributed by atoms with Crippen LogP contribution in [0.3, 0.4) is 0 Å². The van der Waals surface area contributed by atoms with Gasteiger partial charge in [-0.1, -0.05) is 25.5 Å². The zero-order valence-electron chi connectivity index (χ0n) is 9.37. The maximum atomic E-state index is 11.1. The smallest absolute Gasteiger partial charge is 0.322 e. The van der Waals surface area contributed by atoms with Crippen molar-refractivity contribution in [3.8, 4) is 0 Å². The highest BCUT2D eigenvalue weighted by molar-refractivity contribution is 6.04. The molecule has 1 unspecified atom stereocenters. The summed E-state index contributed by atoms with van der Waals surface area (Å²) >= 11 is 0. The van der Waals surface area contributed by atoms with Gasteiger partial charge < -0.3 is 10.2 Å². The molecule has 0 heterocycles. The summed E-state index contributed by atoms with van der Waals surface area (Å²) < 4.78 is 0. The van der Waals surface area contributed by atoms with E-state index in [9.17, 15) is 9.59 Å². The van der Waals surface area contributed by atoms with Crippen molar-refractivity contribution in [2.45, 2.75) is 27.7 Å². The Hall–Kier alpha value is -1.32. The minimum atomic E-state index is -1.65. The molecule has 15 heavy (non-hydrogen) atoms. The quantitative estimate of drug-likeness (QED) is 0.552. The molecule has 0 spiro atoms. The predicted molar refractivity (Wildman–Crippen MR) is 54.4 cm³/mol. The van der Waals surface area contributed by atoms with Crippen LogP contribution in [0.5, 0.6) is 0 Å². The summed E-state index contributed by atoms with van der Waals surface area (Å²) in [4.78, 5) is 22.2. The van der Waals surface area contributed by atoms with Gasteiger partial charge in [-0.25, -0.2) is 0 Å². The van der Waals surface area contributed by atoms with Crippen molar-refractivity contribution in [2.75, 3.05) is 0 Å². The van der Waals surface area contributed by atoms with Crippen LogP contribution in [0, 0.1) is 16.7 Å². The third-order valence-corrected chi connectivity index (χ3v) is 3.35. The van der Waals surface area contributed by atoms with Crippen molar-refractivity contribution in [3.63, 3.8) is 0 Å². The first-order valence-corrected chi connectivity index (χ1v) is 4.80. The Labute approximate surface area is 88.6 Å². The summed E-state index contributed by atoms with van der Waals surface area (Å²) in [6, 6.07) is 0. The van der Waals surface area contributed by atoms with E-state index in [0.717, 1.165) is 5.57 Å². The SMILES string of the molecule is CC(C)=CC1C(C)(C)C1(C(=O)O)C(=O)O. The number of carboxylic acid groups (broad SMARTS) is 2. The van der Waals surface area contributed by atoms with Crippen molar-refractivity contribution in [3.05, 3.63) is 11.6 Å². The maximum absolute atomic E-state index is 11.1. The largest absolute Gasteiger partial charge is 0.480 e. The lowest BCUT2D eigenvalue weighted by Crippen LogP contribution is -2.30. The molecular weight excluding hydrogens is 196 g/mol. The first-order valence-electron chi connectivity index (χ1n) is 4.80. The molecule has 84 valence electrons. The average Bonchev–Trinajstić information content (AvgIpc) is 2.47. The van der Waals surface area contributed by atoms with E-state index >= 15 is 0 Å². The van der Waals surface area contributed by atoms with Gasteiger partial charge in [-0.05, 0) is 13.8 Å². The Balaban J connectivity index is 3.20. The Morgan fingerprint density at radius 1 is 1.13 bits per heavy atom. The second-order valence-corrected chi connectivity index (χ2v) is 4.86. The standard InChI is InChI=1S/C11H16O4/c1-6(2)5-7-10(3,4)11(7,8(12)13)9(14)15/h5,7H,1-4H3,(H,12,13)(H,14,15). The Kier molecular flexibility index (Phi) is 2.42. The molecule has 0 radical (unpaired) electrons. The van der Waals surface area contributed by atoms with Gasteiger partial charge in [0, 0.05) is 11.3 Å². The number of hydrogen-bond acceptors (Lipinski definition) is 2. The van der Waals surface area contributed by atoms with Crippen LogP contribution in [0.2, 0.25) is 0 Å². The lowest BCUT2D eigenvalue weighted by Gasteiger charge is -2.08. The molecule has 1 rings (SSSR count). The molecule has 1 saturated carbocycles. The number of hydrogen-bond donors (Lipinski definition) is 2. The molecule has 2 N–H and O–H groups in total. The molecule has 0 aliphatic heterocycles. The predicted octanol–water partition coefficient (Wildman–Crippen LogP) is 1.76. The fourth-order valence-electron chi connectivity index (χ4n) is 2.38. The number of carboxylic acids is 2. The van der Waals surface area contributed by atoms with Crippen LogP contribution >= 0.6 is 0 Å². The van der Waals surface area contributed by atoms with Crippen LogP contribution in [0.15, 0.2) is 11.6 Å². The van der Waals surface area contributed by atoms with E-state index in [4.69, 9.17) is 10.2 Å². The van der Waals surface area contributed by atoms with Crippen molar-refractivity contribution >= 4 is 11.9 Å². The van der Waals surface area contributed by atoms with Gasteiger partial charge in [0.2, 0.25) is 0 Å². The summed E-state index contributed by atoms with van der Waals surface area (Å²) in [5, 5.41) is 18.2. The van der Waals surface area contributed by atoms with Gasteiger partial charge in [0.15, 0.2) is 5.41 Å². The van der Waals surface area contributed by atoms with Crippen LogP contribution in [0.1, 0.15) is 27.7 Å². The van der Waals surface area contributed by atoms with E-state index in [2.05, 4.69) is 0 Å². The van der Waals surface area contributed by atoms with E-state index in [-0.39, 0.29) is 0 Å². The minimum Gasteiger partial charge on any atom is -0.480 e. The summed E-state index contributed by atoms with van der Waals surface area (Å²) in [5.41, 5.74) is -1.43. The summed E-state index contributed by atoms with van der Waals surface area (Å²) in [5.74, 6) is -2.92. The third-order valence-electron chi connectivity index (χ3n) is 3.35. The van der Waals surface area contributed by atoms with E-state index < -0.39 is 28.7 Å². The molecular formula is C11H16O4. The fourth-order valence-corrected chi connectivity index (χ4v) is 2.38. The van der Waals surface area contributed by atoms with Crippen molar-refractivity contribution in [2.24, 2.45) is 16.7 Å². The second-order valence-electron chi connectivity index (χ2n) is 4.86. The Bertz CT molecular complexity index is 334. The second kappa shape index (κ2) is 3.08. The lowest BCUT2D eigenvalue weighted by molar-refractivity contribution is -0.159. The molecule has 1 fully saturated rings. The monoisotopic (exact) mass is 212 g/mol. The van der Waals surface area contributed by atoms with E-state index in [1.54, 1.807) is 19.9 Å². The van der Waals surface area contributed by atoms with Gasteiger partial charge in [0.1, 0.15) is 0 Å². The molecule has 0 saturated heterocycles. The van der Waals surface area contributed by atoms with Crippen molar-refractivity contribution in [1.82, 2.24) is 0 Å². The molecule has 0 aromatic rings. The molecule has 1 aliphatic rings. The molecule has 4 nitrogen and oxygen atoms in total. The molecule has 4 heteroatoms. The highest BCUT2D eigenvalue weighted by Gasteiger charge is 2.80. The zero-order valence-corrected chi connectivity index (χ0v) is 9.37. The van der Waals surface area contributed by atoms with Crippen molar-refractivity contribution in [1.29, 1.82) is 0 Å². The first-order chi connectivity index (χ1) is 6.69. The summed E-state index contributed by atoms with van der Waals surface area (Å²) in [6.07, 6.45) is 1.74. The highest BCUT2D eigenvalue weighted by atomic mass is 16.4. The van der Waals surface area contributed by atoms with Gasteiger partial charge in [-0.15, -0.1) is 0 Å². The van der Waals surface area contributed by atoms with Gasteiger partial charge in [-0.2, -0.15) is 0 Å². The van der Waals surface area contributed by atoms with E-state index in [1.807, 2.05) is 13.8 Å². The summed E-state index contributed by atoms with van der Waals surface area (Å²) in [6.45, 7) is 7.03. The summed E-state index contributed by atoms with van der Waals surface area (Å²) in [7, 11) is 0. The third kappa shape index (κ3) is 1.28. The number of aliphatic carboxylic acids is 2. The normalized spacial score (nSPS) is 25.5. The maximum Gasteiger partial charge on any atom is 0.322 e. The molecule has 0 aromatic heterocycles. The van der Waals surface area contributed by atoms with Crippen LogP contribution < -0.4 is 0 Å². The zero-order chi connectivity index (χ0) is 12.0. The first kappa shape index (κ1) is 11.8. The number of allylic oxidation sites excluding steroid dienone is 2. The average molecular weight is 212 g/mol. The van der Waals surface area contributed by atoms with E-state index in [1.165, 1.54) is 0 Å². The van der Waals surface area contributed by atoms with Gasteiger partial charge >= 0.3 is 11.9 Å². The van der Waals surface area contributed by atoms with Gasteiger partial charge in [0.05, 0.1) is 0 Å². The van der Waals surface area contributed by atoms with Crippen LogP contribution in [-0.4, -0.2) is 22.2 Å². The Morgan fingerprint density at radius 3 is 1.73 bits per heavy atom. The topological polar surface area (TPSA) is 74.6 Å². The van der Waals surface area contributed by atoms with E-state index in [0.29, 0.717) is 0 Å². The molecule has 1 atom stereocenters. The number of rotatable bonds is 3. The van der Waals surface area contributed by atoms with Crippen molar-refractivity contribution < 1.29 is 19.8 Å². The lowest BCUT2D eigenvalue weighted by atomic mass is 9.96. The minimum absolute atomic E-state index is 0.426. The molecule has 0 aromatic carbocycles. The Morgan fingerprint density at radius 2 is 1.53 bits per heavy atom. The highest BCUT2D eigenvalue weighted by Crippen LogP contribution is 2.70. The van der Waals surface area contributed by atoms with Crippen LogP contribution in [0.4, 0.5) is 0 Å².